The smallest absolute Gasteiger partial charge is 0.222 e. The highest BCUT2D eigenvalue weighted by Gasteiger charge is 2.20. The molecular formula is C18H30N4O. The molecule has 0 spiro atoms. The summed E-state index contributed by atoms with van der Waals surface area (Å²) in [6.45, 7) is 7.36. The minimum atomic E-state index is 0.260. The summed E-state index contributed by atoms with van der Waals surface area (Å²) in [6, 6.07) is 10.6. The highest BCUT2D eigenvalue weighted by Crippen LogP contribution is 2.06. The molecule has 1 amide bonds. The Morgan fingerprint density at radius 1 is 1.17 bits per heavy atom. The lowest BCUT2D eigenvalue weighted by molar-refractivity contribution is -0.133. The second kappa shape index (κ2) is 9.65. The molecule has 1 aliphatic rings. The van der Waals surface area contributed by atoms with Gasteiger partial charge in [-0.2, -0.15) is 0 Å². The van der Waals surface area contributed by atoms with Crippen molar-refractivity contribution in [3.8, 4) is 0 Å². The van der Waals surface area contributed by atoms with E-state index in [-0.39, 0.29) is 5.91 Å². The fraction of sp³-hybridized carbons (Fsp3) is 0.611. The Balaban J connectivity index is 1.63. The summed E-state index contributed by atoms with van der Waals surface area (Å²) in [6.07, 6.45) is 1.39. The molecule has 23 heavy (non-hydrogen) atoms. The molecule has 128 valence electrons. The third-order valence-corrected chi connectivity index (χ3v) is 4.41. The van der Waals surface area contributed by atoms with Gasteiger partial charge in [-0.25, -0.2) is 0 Å². The van der Waals surface area contributed by atoms with Crippen LogP contribution in [0, 0.1) is 0 Å². The number of hydrogen-bond donors (Lipinski definition) is 1. The van der Waals surface area contributed by atoms with Crippen LogP contribution in [0.4, 0.5) is 0 Å². The van der Waals surface area contributed by atoms with E-state index < -0.39 is 0 Å². The molecule has 0 aliphatic carbocycles. The van der Waals surface area contributed by atoms with E-state index in [1.165, 1.54) is 5.56 Å². The number of nitrogens with zero attached hydrogens (tertiary/aromatic N) is 3. The van der Waals surface area contributed by atoms with E-state index in [4.69, 9.17) is 5.73 Å². The third-order valence-electron chi connectivity index (χ3n) is 4.41. The molecule has 5 nitrogen and oxygen atoms in total. The number of nitrogens with two attached hydrogens (primary N) is 1. The van der Waals surface area contributed by atoms with Gasteiger partial charge < -0.3 is 15.5 Å². The molecule has 2 rings (SSSR count). The highest BCUT2D eigenvalue weighted by atomic mass is 16.2. The zero-order valence-corrected chi connectivity index (χ0v) is 14.3. The van der Waals surface area contributed by atoms with Crippen molar-refractivity contribution in [2.45, 2.75) is 19.4 Å². The SMILES string of the molecule is CN(CCN1CCN(C(=O)CCCN)CC1)Cc1ccccc1. The maximum absolute atomic E-state index is 12.0. The van der Waals surface area contributed by atoms with E-state index in [1.54, 1.807) is 0 Å². The molecule has 0 saturated carbocycles. The van der Waals surface area contributed by atoms with Crippen LogP contribution in [-0.2, 0) is 11.3 Å². The number of rotatable bonds is 8. The van der Waals surface area contributed by atoms with E-state index >= 15 is 0 Å². The van der Waals surface area contributed by atoms with Gasteiger partial charge in [-0.15, -0.1) is 0 Å². The van der Waals surface area contributed by atoms with Crippen LogP contribution < -0.4 is 5.73 Å². The van der Waals surface area contributed by atoms with Gasteiger partial charge in [0.15, 0.2) is 0 Å². The first-order chi connectivity index (χ1) is 11.2. The molecule has 5 heteroatoms. The largest absolute Gasteiger partial charge is 0.340 e. The van der Waals surface area contributed by atoms with Gasteiger partial charge in [0.1, 0.15) is 0 Å². The number of benzene rings is 1. The molecule has 0 aromatic heterocycles. The van der Waals surface area contributed by atoms with Gasteiger partial charge in [0.2, 0.25) is 5.91 Å². The van der Waals surface area contributed by atoms with Crippen LogP contribution in [0.25, 0.3) is 0 Å². The fourth-order valence-electron chi connectivity index (χ4n) is 2.92. The summed E-state index contributed by atoms with van der Waals surface area (Å²) in [5.41, 5.74) is 6.82. The molecule has 2 N–H and O–H groups in total. The Morgan fingerprint density at radius 2 is 1.87 bits per heavy atom. The van der Waals surface area contributed by atoms with Crippen LogP contribution >= 0.6 is 0 Å². The number of piperazine rings is 1. The van der Waals surface area contributed by atoms with Crippen molar-refractivity contribution in [1.82, 2.24) is 14.7 Å². The predicted molar refractivity (Wildman–Crippen MR) is 94.1 cm³/mol. The number of likely N-dealkylation sites (N-methyl/N-ethyl adjacent to an activating group) is 1. The Morgan fingerprint density at radius 3 is 2.52 bits per heavy atom. The molecule has 1 aliphatic heterocycles. The highest BCUT2D eigenvalue weighted by molar-refractivity contribution is 5.76. The summed E-state index contributed by atoms with van der Waals surface area (Å²) in [4.78, 5) is 18.8. The topological polar surface area (TPSA) is 52.8 Å². The van der Waals surface area contributed by atoms with Gasteiger partial charge >= 0.3 is 0 Å². The summed E-state index contributed by atoms with van der Waals surface area (Å²) in [5, 5.41) is 0. The number of amides is 1. The Bertz CT molecular complexity index is 457. The molecule has 0 bridgehead atoms. The summed E-state index contributed by atoms with van der Waals surface area (Å²) in [5.74, 6) is 0.260. The average Bonchev–Trinajstić information content (AvgIpc) is 2.59. The Kier molecular flexibility index (Phi) is 7.52. The predicted octanol–water partition coefficient (Wildman–Crippen LogP) is 1.00. The first kappa shape index (κ1) is 17.9. The lowest BCUT2D eigenvalue weighted by Crippen LogP contribution is -2.50. The zero-order valence-electron chi connectivity index (χ0n) is 14.3. The van der Waals surface area contributed by atoms with Gasteiger partial charge in [-0.1, -0.05) is 30.3 Å². The normalized spacial score (nSPS) is 16.0. The van der Waals surface area contributed by atoms with Crippen molar-refractivity contribution in [1.29, 1.82) is 0 Å². The van der Waals surface area contributed by atoms with Gasteiger partial charge in [-0.05, 0) is 25.6 Å². The van der Waals surface area contributed by atoms with Gasteiger partial charge in [0, 0.05) is 52.2 Å². The van der Waals surface area contributed by atoms with Crippen molar-refractivity contribution < 1.29 is 4.79 Å². The lowest BCUT2D eigenvalue weighted by atomic mass is 10.2. The van der Waals surface area contributed by atoms with Crippen molar-refractivity contribution in [2.24, 2.45) is 5.73 Å². The molecular weight excluding hydrogens is 288 g/mol. The van der Waals surface area contributed by atoms with Gasteiger partial charge in [-0.3, -0.25) is 9.69 Å². The van der Waals surface area contributed by atoms with E-state index in [9.17, 15) is 4.79 Å². The van der Waals surface area contributed by atoms with Crippen molar-refractivity contribution in [3.63, 3.8) is 0 Å². The lowest BCUT2D eigenvalue weighted by Gasteiger charge is -2.35. The monoisotopic (exact) mass is 318 g/mol. The van der Waals surface area contributed by atoms with Crippen molar-refractivity contribution in [3.05, 3.63) is 35.9 Å². The molecule has 0 unspecified atom stereocenters. The first-order valence-corrected chi connectivity index (χ1v) is 8.61. The second-order valence-corrected chi connectivity index (χ2v) is 6.34. The molecule has 1 fully saturated rings. The standard InChI is InChI=1S/C18H30N4O/c1-20(16-17-6-3-2-4-7-17)10-11-21-12-14-22(15-13-21)18(23)8-5-9-19/h2-4,6-7H,5,8-16,19H2,1H3. The van der Waals surface area contributed by atoms with E-state index in [2.05, 4.69) is 47.2 Å². The molecule has 1 aromatic rings. The molecule has 0 radical (unpaired) electrons. The van der Waals surface area contributed by atoms with Crippen LogP contribution in [0.3, 0.4) is 0 Å². The van der Waals surface area contributed by atoms with Gasteiger partial charge in [0.25, 0.3) is 0 Å². The maximum atomic E-state index is 12.0. The van der Waals surface area contributed by atoms with E-state index in [0.29, 0.717) is 13.0 Å². The summed E-state index contributed by atoms with van der Waals surface area (Å²) in [7, 11) is 2.17. The van der Waals surface area contributed by atoms with Crippen LogP contribution in [-0.4, -0.2) is 73.5 Å². The van der Waals surface area contributed by atoms with Gasteiger partial charge in [0.05, 0.1) is 0 Å². The zero-order chi connectivity index (χ0) is 16.5. The summed E-state index contributed by atoms with van der Waals surface area (Å²) < 4.78 is 0. The molecule has 0 atom stereocenters. The first-order valence-electron chi connectivity index (χ1n) is 8.61. The molecule has 1 heterocycles. The van der Waals surface area contributed by atoms with Crippen LogP contribution in [0.15, 0.2) is 30.3 Å². The maximum Gasteiger partial charge on any atom is 0.222 e. The van der Waals surface area contributed by atoms with Crippen molar-refractivity contribution in [2.75, 3.05) is 52.9 Å². The molecule has 1 aromatic carbocycles. The third kappa shape index (κ3) is 6.29. The van der Waals surface area contributed by atoms with E-state index in [1.807, 2.05) is 4.90 Å². The van der Waals surface area contributed by atoms with E-state index in [0.717, 1.165) is 52.2 Å². The Labute approximate surface area is 140 Å². The number of hydrogen-bond acceptors (Lipinski definition) is 4. The number of carbonyl (C=O) groups is 1. The Hall–Kier alpha value is -1.43. The quantitative estimate of drug-likeness (QED) is 0.777. The minimum absolute atomic E-state index is 0.260. The molecule has 1 saturated heterocycles. The average molecular weight is 318 g/mol. The fourth-order valence-corrected chi connectivity index (χ4v) is 2.92. The number of carbonyl (C=O) groups excluding carboxylic acids is 1. The van der Waals surface area contributed by atoms with Crippen LogP contribution in [0.2, 0.25) is 0 Å². The van der Waals surface area contributed by atoms with Crippen molar-refractivity contribution >= 4 is 5.91 Å². The minimum Gasteiger partial charge on any atom is -0.340 e. The second-order valence-electron chi connectivity index (χ2n) is 6.34. The van der Waals surface area contributed by atoms with Crippen LogP contribution in [0.1, 0.15) is 18.4 Å². The summed E-state index contributed by atoms with van der Waals surface area (Å²) >= 11 is 0. The van der Waals surface area contributed by atoms with Crippen LogP contribution in [0.5, 0.6) is 0 Å².